The van der Waals surface area contributed by atoms with Crippen LogP contribution in [0.1, 0.15) is 116 Å². The van der Waals surface area contributed by atoms with Crippen molar-refractivity contribution in [3.63, 3.8) is 0 Å². The van der Waals surface area contributed by atoms with Gasteiger partial charge in [0.1, 0.15) is 29.2 Å². The molecule has 0 spiro atoms. The van der Waals surface area contributed by atoms with Crippen LogP contribution in [0.25, 0.3) is 0 Å². The fourth-order valence-corrected chi connectivity index (χ4v) is 15.7. The van der Waals surface area contributed by atoms with Gasteiger partial charge < -0.3 is 47.4 Å². The van der Waals surface area contributed by atoms with Crippen molar-refractivity contribution in [2.45, 2.75) is 142 Å². The SMILES string of the molecule is C=CC(=O)OCC(C)(C)COC(=O)CCC(=O)OCCc1ccc(OC(=O)C2CCC(C(=O)Oc3c4c(c(OC(=O)C5CCC(C(=O)Oc6ccc(CCOC(=O)CCC(=O)OCC(C)(C)COC(=O)C=C)cc6)CC5)c5c3SC(C(C#N)C#N)S5)SC(=C(C#N)C#N)S4)CC2)cc1. The van der Waals surface area contributed by atoms with Gasteiger partial charge in [-0.1, -0.05) is 88.6 Å². The highest BCUT2D eigenvalue weighted by Gasteiger charge is 2.45. The van der Waals surface area contributed by atoms with Crippen molar-refractivity contribution < 1.29 is 95.3 Å². The number of benzene rings is 3. The molecule has 4 aliphatic rings. The lowest BCUT2D eigenvalue weighted by molar-refractivity contribution is -0.154. The molecule has 0 aromatic heterocycles. The van der Waals surface area contributed by atoms with Gasteiger partial charge >= 0.3 is 59.7 Å². The van der Waals surface area contributed by atoms with E-state index in [0.717, 1.165) is 70.3 Å². The first-order chi connectivity index (χ1) is 46.8. The van der Waals surface area contributed by atoms with Crippen molar-refractivity contribution in [3.8, 4) is 47.3 Å². The van der Waals surface area contributed by atoms with Crippen LogP contribution < -0.4 is 18.9 Å². The van der Waals surface area contributed by atoms with E-state index in [0.29, 0.717) is 22.6 Å². The maximum atomic E-state index is 14.3. The van der Waals surface area contributed by atoms with E-state index in [1.165, 1.54) is 0 Å². The van der Waals surface area contributed by atoms with Gasteiger partial charge in [-0.2, -0.15) is 21.0 Å². The normalized spacial score (nSPS) is 17.6. The number of esters is 10. The lowest BCUT2D eigenvalue weighted by atomic mass is 9.82. The Labute approximate surface area is 583 Å². The number of rotatable bonds is 31. The van der Waals surface area contributed by atoms with E-state index >= 15 is 0 Å². The highest BCUT2D eigenvalue weighted by molar-refractivity contribution is 8.25. The van der Waals surface area contributed by atoms with Crippen molar-refractivity contribution in [1.82, 2.24) is 0 Å². The van der Waals surface area contributed by atoms with Crippen molar-refractivity contribution >= 4 is 107 Å². The van der Waals surface area contributed by atoms with Gasteiger partial charge in [0.25, 0.3) is 0 Å². The second kappa shape index (κ2) is 36.5. The summed E-state index contributed by atoms with van der Waals surface area (Å²) in [4.78, 5) is 129. The first-order valence-corrected chi connectivity index (χ1v) is 34.8. The van der Waals surface area contributed by atoms with Gasteiger partial charge in [0, 0.05) is 35.8 Å². The molecule has 0 saturated heterocycles. The van der Waals surface area contributed by atoms with E-state index < -0.39 is 105 Å². The molecule has 2 aliphatic carbocycles. The number of carbonyl (C=O) groups excluding carboxylic acids is 10. The molecule has 7 rings (SSSR count). The maximum Gasteiger partial charge on any atom is 0.330 e. The number of allylic oxidation sites excluding steroid dienone is 1. The molecule has 2 fully saturated rings. The van der Waals surface area contributed by atoms with Crippen LogP contribution in [0.4, 0.5) is 0 Å². The third kappa shape index (κ3) is 22.5. The molecular formula is C70H72N4O20S4. The average molecular weight is 1420 g/mol. The Bertz CT molecular complexity index is 3510. The summed E-state index contributed by atoms with van der Waals surface area (Å²) in [5.74, 6) is -8.75. The molecule has 0 amide bonds. The average Bonchev–Trinajstić information content (AvgIpc) is 1.57. The molecule has 0 atom stereocenters. The molecule has 24 nitrogen and oxygen atoms in total. The minimum atomic E-state index is -1.16. The second-order valence-electron chi connectivity index (χ2n) is 24.7. The predicted molar refractivity (Wildman–Crippen MR) is 353 cm³/mol. The van der Waals surface area contributed by atoms with Crippen molar-refractivity contribution in [1.29, 1.82) is 21.0 Å². The van der Waals surface area contributed by atoms with Gasteiger partial charge in [0.15, 0.2) is 17.4 Å². The van der Waals surface area contributed by atoms with Crippen LogP contribution in [0, 0.1) is 85.7 Å². The van der Waals surface area contributed by atoms with E-state index in [1.807, 2.05) is 24.3 Å². The molecule has 2 heterocycles. The van der Waals surface area contributed by atoms with Crippen LogP contribution in [0.5, 0.6) is 23.0 Å². The van der Waals surface area contributed by atoms with Crippen LogP contribution in [0.2, 0.25) is 0 Å². The van der Waals surface area contributed by atoms with E-state index in [4.69, 9.17) is 47.4 Å². The molecular weight excluding hydrogens is 1350 g/mol. The quantitative estimate of drug-likeness (QED) is 0.0190. The Kier molecular flexibility index (Phi) is 28.4. The first-order valence-electron chi connectivity index (χ1n) is 31.4. The van der Waals surface area contributed by atoms with Crippen LogP contribution in [-0.4, -0.2) is 104 Å². The zero-order valence-corrected chi connectivity index (χ0v) is 57.6. The number of nitriles is 4. The van der Waals surface area contributed by atoms with Crippen LogP contribution in [-0.2, 0) is 89.2 Å². The molecule has 2 saturated carbocycles. The molecule has 28 heteroatoms. The standard InChI is InChI=1S/C70H72N4O20S4/c1-7-51(75)87-37-69(3,4)39-89-55(79)27-25-53(77)85-31-29-41-9-21-49(22-10-41)91-63(81)43-13-17-45(18-14-43)65(83)93-57-59-61(97-67(95-59)47(33-71)34-72)58(62-60(57)96-68(98-62)48(35-73)36-74)94-66(84)46-19-15-44(16-20-46)64(82)92-50-23-11-42(12-24-50)30-32-86-54(78)26-28-56(80)90-40-70(5,6)38-88-52(76)8-2/h7-12,21-24,43-47,67H,1-2,13-20,25-32,37-40H2,3-6H3. The Hall–Kier alpha value is -9.06. The number of fused-ring (bicyclic) bond motifs is 2. The fourth-order valence-electron chi connectivity index (χ4n) is 10.1. The van der Waals surface area contributed by atoms with Gasteiger partial charge in [-0.25, -0.2) is 9.59 Å². The molecule has 3 aromatic rings. The largest absolute Gasteiger partial charge is 0.465 e. The zero-order chi connectivity index (χ0) is 71.1. The molecule has 3 aromatic carbocycles. The molecule has 516 valence electrons. The number of nitrogens with zero attached hydrogens (tertiary/aromatic N) is 4. The zero-order valence-electron chi connectivity index (χ0n) is 54.4. The number of carbonyl (C=O) groups is 10. The summed E-state index contributed by atoms with van der Waals surface area (Å²) in [6.07, 6.45) is 4.13. The van der Waals surface area contributed by atoms with E-state index in [-0.39, 0.29) is 159 Å². The summed E-state index contributed by atoms with van der Waals surface area (Å²) in [5.41, 5.74) is 0.0314. The van der Waals surface area contributed by atoms with Gasteiger partial charge in [-0.15, -0.1) is 23.5 Å². The maximum absolute atomic E-state index is 14.3. The van der Waals surface area contributed by atoms with Crippen LogP contribution >= 0.6 is 47.0 Å². The lowest BCUT2D eigenvalue weighted by Crippen LogP contribution is -2.31. The lowest BCUT2D eigenvalue weighted by Gasteiger charge is -2.27. The molecule has 0 N–H and O–H groups in total. The Morgan fingerprint density at radius 2 is 0.786 bits per heavy atom. The molecule has 98 heavy (non-hydrogen) atoms. The summed E-state index contributed by atoms with van der Waals surface area (Å²) in [5, 5.41) is 40.0. The topological polar surface area (TPSA) is 358 Å². The number of hydrogen-bond donors (Lipinski definition) is 0. The van der Waals surface area contributed by atoms with Crippen molar-refractivity contribution in [2.24, 2.45) is 40.4 Å². The summed E-state index contributed by atoms with van der Waals surface area (Å²) < 4.78 is 54.6. The smallest absolute Gasteiger partial charge is 0.330 e. The summed E-state index contributed by atoms with van der Waals surface area (Å²) in [7, 11) is 0. The van der Waals surface area contributed by atoms with E-state index in [1.54, 1.807) is 76.2 Å². The van der Waals surface area contributed by atoms with E-state index in [2.05, 4.69) is 13.2 Å². The van der Waals surface area contributed by atoms with Gasteiger partial charge in [-0.05, 0) is 86.8 Å². The predicted octanol–water partition coefficient (Wildman–Crippen LogP) is 11.3. The number of hydrogen-bond acceptors (Lipinski definition) is 28. The summed E-state index contributed by atoms with van der Waals surface area (Å²) >= 11 is 4.14. The Morgan fingerprint density at radius 1 is 0.469 bits per heavy atom. The molecule has 0 radical (unpaired) electrons. The third-order valence-electron chi connectivity index (χ3n) is 15.7. The fraction of sp³-hybridized carbons (Fsp3) is 0.457. The number of ether oxygens (including phenoxy) is 10. The minimum Gasteiger partial charge on any atom is -0.465 e. The minimum absolute atomic E-state index is 0.0104. The second-order valence-corrected chi connectivity index (χ2v) is 29.6. The van der Waals surface area contributed by atoms with Gasteiger partial charge in [0.2, 0.25) is 0 Å². The highest BCUT2D eigenvalue weighted by Crippen LogP contribution is 2.68. The Balaban J connectivity index is 0.890. The first kappa shape index (κ1) is 76.3. The number of thioether (sulfide) groups is 4. The molecule has 0 unspecified atom stereocenters. The van der Waals surface area contributed by atoms with Crippen molar-refractivity contribution in [2.75, 3.05) is 39.6 Å². The Morgan fingerprint density at radius 3 is 1.10 bits per heavy atom. The van der Waals surface area contributed by atoms with Crippen LogP contribution in [0.3, 0.4) is 0 Å². The molecule has 0 bridgehead atoms. The summed E-state index contributed by atoms with van der Waals surface area (Å²) in [6, 6.07) is 21.1. The van der Waals surface area contributed by atoms with Crippen molar-refractivity contribution in [3.05, 3.63) is 94.8 Å². The molecule has 2 aliphatic heterocycles. The summed E-state index contributed by atoms with van der Waals surface area (Å²) in [6.45, 7) is 13.7. The van der Waals surface area contributed by atoms with Gasteiger partial charge in [-0.3, -0.25) is 38.4 Å². The third-order valence-corrected chi connectivity index (χ3v) is 21.3. The monoisotopic (exact) mass is 1420 g/mol. The highest BCUT2D eigenvalue weighted by atomic mass is 32.2. The van der Waals surface area contributed by atoms with Crippen LogP contribution in [0.15, 0.2) is 103 Å². The van der Waals surface area contributed by atoms with Gasteiger partial charge in [0.05, 0.1) is 130 Å². The van der Waals surface area contributed by atoms with E-state index in [9.17, 15) is 69.0 Å².